The molecule has 0 saturated heterocycles. The highest BCUT2D eigenvalue weighted by Gasteiger charge is 2.33. The summed E-state index contributed by atoms with van der Waals surface area (Å²) in [5, 5.41) is 0. The zero-order valence-electron chi connectivity index (χ0n) is 10.5. The average molecular weight is 307 g/mol. The fraction of sp³-hybridized carbons (Fsp3) is 0.333. The Kier molecular flexibility index (Phi) is 3.81. The SMILES string of the molecule is CC(=O)C(=Cc1cc(C)ccc1Br)C(=O)C1CC1. The summed E-state index contributed by atoms with van der Waals surface area (Å²) >= 11 is 3.44. The van der Waals surface area contributed by atoms with E-state index in [1.807, 2.05) is 25.1 Å². The molecule has 0 spiro atoms. The molecule has 0 radical (unpaired) electrons. The van der Waals surface area contributed by atoms with Crippen LogP contribution in [-0.4, -0.2) is 11.6 Å². The van der Waals surface area contributed by atoms with Crippen LogP contribution in [0.5, 0.6) is 0 Å². The van der Waals surface area contributed by atoms with E-state index in [0.29, 0.717) is 5.57 Å². The zero-order valence-corrected chi connectivity index (χ0v) is 12.1. The van der Waals surface area contributed by atoms with Crippen molar-refractivity contribution in [1.82, 2.24) is 0 Å². The maximum absolute atomic E-state index is 12.0. The fourth-order valence-corrected chi connectivity index (χ4v) is 2.20. The molecule has 1 fully saturated rings. The van der Waals surface area contributed by atoms with Crippen LogP contribution in [0.2, 0.25) is 0 Å². The second-order valence-corrected chi connectivity index (χ2v) is 5.63. The van der Waals surface area contributed by atoms with Crippen LogP contribution in [0.3, 0.4) is 0 Å². The normalized spacial score (nSPS) is 15.6. The van der Waals surface area contributed by atoms with Gasteiger partial charge in [0.2, 0.25) is 0 Å². The summed E-state index contributed by atoms with van der Waals surface area (Å²) in [6.07, 6.45) is 3.54. The number of Topliss-reactive ketones (excluding diaryl/α,β-unsaturated/α-hetero) is 2. The standard InChI is InChI=1S/C15H15BrO2/c1-9-3-6-14(16)12(7-9)8-13(10(2)17)15(18)11-4-5-11/h3,6-8,11H,4-5H2,1-2H3. The van der Waals surface area contributed by atoms with Gasteiger partial charge in [-0.25, -0.2) is 0 Å². The second-order valence-electron chi connectivity index (χ2n) is 4.78. The molecule has 1 saturated carbocycles. The van der Waals surface area contributed by atoms with Gasteiger partial charge in [0.15, 0.2) is 11.6 Å². The van der Waals surface area contributed by atoms with Crippen molar-refractivity contribution in [2.75, 3.05) is 0 Å². The predicted molar refractivity (Wildman–Crippen MR) is 75.3 cm³/mol. The van der Waals surface area contributed by atoms with Gasteiger partial charge in [0.05, 0.1) is 5.57 Å². The third kappa shape index (κ3) is 2.96. The number of rotatable bonds is 4. The van der Waals surface area contributed by atoms with Crippen LogP contribution in [-0.2, 0) is 9.59 Å². The molecule has 0 N–H and O–H groups in total. The number of ketones is 2. The number of carbonyl (C=O) groups is 2. The molecule has 0 atom stereocenters. The summed E-state index contributed by atoms with van der Waals surface area (Å²) < 4.78 is 0.899. The molecule has 0 aliphatic heterocycles. The van der Waals surface area contributed by atoms with E-state index in [1.165, 1.54) is 6.92 Å². The monoisotopic (exact) mass is 306 g/mol. The van der Waals surface area contributed by atoms with Gasteiger partial charge in [0, 0.05) is 10.4 Å². The Balaban J connectivity index is 2.40. The molecular formula is C15H15BrO2. The molecule has 2 rings (SSSR count). The summed E-state index contributed by atoms with van der Waals surface area (Å²) in [7, 11) is 0. The number of allylic oxidation sites excluding steroid dienone is 1. The summed E-state index contributed by atoms with van der Waals surface area (Å²) in [5.41, 5.74) is 2.31. The van der Waals surface area contributed by atoms with E-state index in [1.54, 1.807) is 6.08 Å². The summed E-state index contributed by atoms with van der Waals surface area (Å²) in [4.78, 5) is 23.7. The molecule has 3 heteroatoms. The molecule has 0 heterocycles. The predicted octanol–water partition coefficient (Wildman–Crippen LogP) is 3.71. The smallest absolute Gasteiger partial charge is 0.169 e. The van der Waals surface area contributed by atoms with E-state index < -0.39 is 0 Å². The Bertz CT molecular complexity index is 539. The fourth-order valence-electron chi connectivity index (χ4n) is 1.84. The topological polar surface area (TPSA) is 34.1 Å². The lowest BCUT2D eigenvalue weighted by molar-refractivity contribution is -0.121. The summed E-state index contributed by atoms with van der Waals surface area (Å²) in [5.74, 6) is -0.0834. The molecule has 0 amide bonds. The van der Waals surface area contributed by atoms with Gasteiger partial charge in [-0.1, -0.05) is 33.6 Å². The van der Waals surface area contributed by atoms with Crippen LogP contribution >= 0.6 is 15.9 Å². The molecule has 1 aromatic carbocycles. The maximum atomic E-state index is 12.0. The largest absolute Gasteiger partial charge is 0.294 e. The van der Waals surface area contributed by atoms with Gasteiger partial charge in [0.25, 0.3) is 0 Å². The molecule has 1 aromatic rings. The number of aryl methyl sites for hydroxylation is 1. The van der Waals surface area contributed by atoms with Crippen LogP contribution in [0.15, 0.2) is 28.2 Å². The van der Waals surface area contributed by atoms with Crippen LogP contribution in [0.25, 0.3) is 6.08 Å². The van der Waals surface area contributed by atoms with Crippen molar-refractivity contribution in [2.45, 2.75) is 26.7 Å². The molecule has 0 aromatic heterocycles. The first-order valence-corrected chi connectivity index (χ1v) is 6.81. The van der Waals surface area contributed by atoms with Crippen LogP contribution in [0, 0.1) is 12.8 Å². The Morgan fingerprint density at radius 1 is 1.33 bits per heavy atom. The van der Waals surface area contributed by atoms with Crippen molar-refractivity contribution in [3.8, 4) is 0 Å². The van der Waals surface area contributed by atoms with Gasteiger partial charge in [-0.3, -0.25) is 9.59 Å². The minimum atomic E-state index is -0.152. The van der Waals surface area contributed by atoms with E-state index in [-0.39, 0.29) is 17.5 Å². The van der Waals surface area contributed by atoms with E-state index in [0.717, 1.165) is 28.4 Å². The van der Waals surface area contributed by atoms with Gasteiger partial charge >= 0.3 is 0 Å². The Labute approximate surface area is 115 Å². The Hall–Kier alpha value is -1.22. The Morgan fingerprint density at radius 2 is 2.00 bits per heavy atom. The first-order chi connectivity index (χ1) is 8.49. The van der Waals surface area contributed by atoms with Crippen molar-refractivity contribution in [3.63, 3.8) is 0 Å². The summed E-state index contributed by atoms with van der Waals surface area (Å²) in [6.45, 7) is 3.44. The Morgan fingerprint density at radius 3 is 2.56 bits per heavy atom. The first kappa shape index (κ1) is 13.2. The zero-order chi connectivity index (χ0) is 13.3. The van der Waals surface area contributed by atoms with Crippen molar-refractivity contribution in [1.29, 1.82) is 0 Å². The van der Waals surface area contributed by atoms with Gasteiger partial charge in [-0.15, -0.1) is 0 Å². The molecular weight excluding hydrogens is 292 g/mol. The lowest BCUT2D eigenvalue weighted by atomic mass is 10.00. The maximum Gasteiger partial charge on any atom is 0.169 e. The molecule has 2 nitrogen and oxygen atoms in total. The van der Waals surface area contributed by atoms with Crippen LogP contribution < -0.4 is 0 Å². The highest BCUT2D eigenvalue weighted by atomic mass is 79.9. The highest BCUT2D eigenvalue weighted by molar-refractivity contribution is 9.10. The number of halogens is 1. The van der Waals surface area contributed by atoms with Crippen molar-refractivity contribution in [3.05, 3.63) is 39.4 Å². The van der Waals surface area contributed by atoms with Crippen molar-refractivity contribution in [2.24, 2.45) is 5.92 Å². The average Bonchev–Trinajstić information content (AvgIpc) is 3.13. The molecule has 94 valence electrons. The lowest BCUT2D eigenvalue weighted by Gasteiger charge is -2.05. The minimum Gasteiger partial charge on any atom is -0.294 e. The molecule has 1 aliphatic rings. The molecule has 0 bridgehead atoms. The third-order valence-corrected chi connectivity index (χ3v) is 3.77. The number of benzene rings is 1. The lowest BCUT2D eigenvalue weighted by Crippen LogP contribution is -2.11. The second kappa shape index (κ2) is 5.19. The van der Waals surface area contributed by atoms with E-state index >= 15 is 0 Å². The molecule has 18 heavy (non-hydrogen) atoms. The van der Waals surface area contributed by atoms with Gasteiger partial charge in [-0.05, 0) is 44.4 Å². The highest BCUT2D eigenvalue weighted by Crippen LogP contribution is 2.33. The van der Waals surface area contributed by atoms with Crippen molar-refractivity contribution < 1.29 is 9.59 Å². The van der Waals surface area contributed by atoms with Gasteiger partial charge in [0.1, 0.15) is 0 Å². The minimum absolute atomic E-state index is 0.00379. The quantitative estimate of drug-likeness (QED) is 0.483. The van der Waals surface area contributed by atoms with E-state index in [4.69, 9.17) is 0 Å². The van der Waals surface area contributed by atoms with E-state index in [2.05, 4.69) is 15.9 Å². The number of hydrogen-bond donors (Lipinski definition) is 0. The van der Waals surface area contributed by atoms with Gasteiger partial charge < -0.3 is 0 Å². The molecule has 0 unspecified atom stereocenters. The number of hydrogen-bond acceptors (Lipinski definition) is 2. The first-order valence-electron chi connectivity index (χ1n) is 6.02. The summed E-state index contributed by atoms with van der Waals surface area (Å²) in [6, 6.07) is 5.88. The third-order valence-electron chi connectivity index (χ3n) is 3.04. The van der Waals surface area contributed by atoms with Crippen molar-refractivity contribution >= 4 is 33.6 Å². The van der Waals surface area contributed by atoms with Crippen LogP contribution in [0.4, 0.5) is 0 Å². The van der Waals surface area contributed by atoms with Gasteiger partial charge in [-0.2, -0.15) is 0 Å². The number of carbonyl (C=O) groups excluding carboxylic acids is 2. The van der Waals surface area contributed by atoms with E-state index in [9.17, 15) is 9.59 Å². The molecule has 1 aliphatic carbocycles. The van der Waals surface area contributed by atoms with Crippen LogP contribution in [0.1, 0.15) is 30.9 Å².